The summed E-state index contributed by atoms with van der Waals surface area (Å²) in [5.74, 6) is 2.34. The van der Waals surface area contributed by atoms with Crippen LogP contribution in [0.4, 0.5) is 0 Å². The van der Waals surface area contributed by atoms with E-state index in [0.717, 1.165) is 78.4 Å². The van der Waals surface area contributed by atoms with Crippen LogP contribution in [0.2, 0.25) is 0 Å². The molecule has 0 aliphatic carbocycles. The van der Waals surface area contributed by atoms with Crippen LogP contribution in [-0.4, -0.2) is 14.1 Å². The fraction of sp³-hybridized carbons (Fsp3) is 0.0625. The predicted molar refractivity (Wildman–Crippen MR) is 283 cm³/mol. The van der Waals surface area contributed by atoms with E-state index in [1.165, 1.54) is 33.2 Å². The maximum absolute atomic E-state index is 6.79. The van der Waals surface area contributed by atoms with Crippen LogP contribution in [0.5, 0.6) is 11.5 Å². The van der Waals surface area contributed by atoms with Crippen LogP contribution in [0.15, 0.2) is 237 Å². The Kier molecular flexibility index (Phi) is 10.3. The number of para-hydroxylation sites is 4. The molecule has 0 saturated carbocycles. The molecule has 0 atom stereocenters. The van der Waals surface area contributed by atoms with Gasteiger partial charge in [0.1, 0.15) is 17.3 Å². The maximum Gasteiger partial charge on any atom is 0.269 e. The number of pyridine rings is 1. The average Bonchev–Trinajstić information content (AvgIpc) is 3.95. The zero-order chi connectivity index (χ0) is 46.5. The van der Waals surface area contributed by atoms with E-state index >= 15 is 0 Å². The van der Waals surface area contributed by atoms with E-state index < -0.39 is 0 Å². The van der Waals surface area contributed by atoms with Crippen LogP contribution in [0, 0.1) is 6.33 Å². The molecule has 0 spiro atoms. The number of hydrogen-bond donors (Lipinski definition) is 0. The molecule has 5 heteroatoms. The molecular formula is C64H48N4O. The molecule has 3 aromatic heterocycles. The highest BCUT2D eigenvalue weighted by Crippen LogP contribution is 2.39. The summed E-state index contributed by atoms with van der Waals surface area (Å²) >= 11 is 0. The second-order valence-corrected chi connectivity index (χ2v) is 18.6. The van der Waals surface area contributed by atoms with E-state index in [2.05, 4.69) is 265 Å². The van der Waals surface area contributed by atoms with Crippen molar-refractivity contribution in [2.45, 2.75) is 26.2 Å². The summed E-state index contributed by atoms with van der Waals surface area (Å²) < 4.78 is 13.4. The van der Waals surface area contributed by atoms with Crippen molar-refractivity contribution in [2.75, 3.05) is 0 Å². The molecule has 0 fully saturated rings. The Bertz CT molecular complexity index is 3720. The van der Waals surface area contributed by atoms with Gasteiger partial charge in [0.25, 0.3) is 6.33 Å². The van der Waals surface area contributed by atoms with Crippen LogP contribution in [0.3, 0.4) is 0 Å². The SMILES string of the molecule is CC(C)(C)c1ccnc(-n2c3ccccc3c3ccc(Oc4cccc(-n5[c-][n+](-c6c(-c7ccc(-c8ccccc8)cc7)cccc6-c6ccc(-c7ccccc7)cc6)c6ccccc65)c4)cc32)c1. The molecule has 0 saturated heterocycles. The van der Waals surface area contributed by atoms with Crippen LogP contribution in [0.25, 0.3) is 94.5 Å². The Labute approximate surface area is 402 Å². The summed E-state index contributed by atoms with van der Waals surface area (Å²) in [5, 5.41) is 2.32. The van der Waals surface area contributed by atoms with Crippen LogP contribution in [-0.2, 0) is 5.41 Å². The third-order valence-electron chi connectivity index (χ3n) is 13.2. The molecule has 5 nitrogen and oxygen atoms in total. The molecule has 9 aromatic carbocycles. The zero-order valence-corrected chi connectivity index (χ0v) is 38.7. The first-order chi connectivity index (χ1) is 33.8. The van der Waals surface area contributed by atoms with Crippen molar-refractivity contribution >= 4 is 32.8 Å². The van der Waals surface area contributed by atoms with Gasteiger partial charge in [0.2, 0.25) is 0 Å². The quantitative estimate of drug-likeness (QED) is 0.107. The van der Waals surface area contributed by atoms with Gasteiger partial charge < -0.3 is 4.74 Å². The number of hydrogen-bond acceptors (Lipinski definition) is 2. The lowest BCUT2D eigenvalue weighted by Gasteiger charge is -2.20. The highest BCUT2D eigenvalue weighted by atomic mass is 16.5. The number of aromatic nitrogens is 4. The van der Waals surface area contributed by atoms with Gasteiger partial charge in [0.15, 0.2) is 0 Å². The number of imidazole rings is 1. The molecule has 330 valence electrons. The van der Waals surface area contributed by atoms with E-state index in [1.54, 1.807) is 0 Å². The molecule has 0 N–H and O–H groups in total. The highest BCUT2D eigenvalue weighted by Gasteiger charge is 2.22. The van der Waals surface area contributed by atoms with E-state index in [1.807, 2.05) is 12.3 Å². The van der Waals surface area contributed by atoms with Crippen molar-refractivity contribution in [3.63, 3.8) is 0 Å². The van der Waals surface area contributed by atoms with Gasteiger partial charge in [-0.1, -0.05) is 197 Å². The van der Waals surface area contributed by atoms with Crippen molar-refractivity contribution in [3.8, 4) is 73.2 Å². The average molecular weight is 889 g/mol. The Morgan fingerprint density at radius 3 is 1.67 bits per heavy atom. The number of benzene rings is 9. The molecular weight excluding hydrogens is 841 g/mol. The number of ether oxygens (including phenoxy) is 1. The predicted octanol–water partition coefficient (Wildman–Crippen LogP) is 16.0. The van der Waals surface area contributed by atoms with Crippen LogP contribution in [0.1, 0.15) is 26.3 Å². The van der Waals surface area contributed by atoms with Crippen LogP contribution >= 0.6 is 0 Å². The van der Waals surface area contributed by atoms with Crippen molar-refractivity contribution in [2.24, 2.45) is 0 Å². The van der Waals surface area contributed by atoms with Crippen LogP contribution < -0.4 is 9.30 Å². The smallest absolute Gasteiger partial charge is 0.269 e. The monoisotopic (exact) mass is 888 g/mol. The fourth-order valence-corrected chi connectivity index (χ4v) is 9.70. The Morgan fingerprint density at radius 1 is 0.449 bits per heavy atom. The standard InChI is InChI=1S/C64H48N4O/c1-64(2,3)50-38-39-65-62(40-50)68-58-25-11-10-22-56(58)57-37-36-53(42-61(57)68)69-52-21-14-20-51(41-52)66-43-67(60-27-13-12-26-59(60)66)63-54(48-32-28-46(29-33-48)44-16-6-4-7-17-44)23-15-24-55(63)49-34-30-47(31-35-49)45-18-8-5-9-19-45/h4-42H,1-3H3. The molecule has 69 heavy (non-hydrogen) atoms. The maximum atomic E-state index is 6.79. The third kappa shape index (κ3) is 7.74. The lowest BCUT2D eigenvalue weighted by Crippen LogP contribution is -2.31. The lowest BCUT2D eigenvalue weighted by atomic mass is 9.88. The first-order valence-corrected chi connectivity index (χ1v) is 23.5. The molecule has 12 aromatic rings. The molecule has 3 heterocycles. The molecule has 0 bridgehead atoms. The van der Waals surface area contributed by atoms with Gasteiger partial charge in [0, 0.05) is 23.0 Å². The minimum Gasteiger partial charge on any atom is -0.458 e. The lowest BCUT2D eigenvalue weighted by molar-refractivity contribution is -0.571. The molecule has 0 aliphatic rings. The summed E-state index contributed by atoms with van der Waals surface area (Å²) in [5.41, 5.74) is 16.6. The third-order valence-corrected chi connectivity index (χ3v) is 13.2. The summed E-state index contributed by atoms with van der Waals surface area (Å²) in [6.07, 6.45) is 5.77. The van der Waals surface area contributed by atoms with E-state index in [0.29, 0.717) is 0 Å². The second kappa shape index (κ2) is 17.1. The molecule has 0 unspecified atom stereocenters. The molecule has 0 radical (unpaired) electrons. The molecule has 12 rings (SSSR count). The fourth-order valence-electron chi connectivity index (χ4n) is 9.70. The van der Waals surface area contributed by atoms with Crippen molar-refractivity contribution in [1.29, 1.82) is 0 Å². The van der Waals surface area contributed by atoms with Gasteiger partial charge in [-0.05, 0) is 104 Å². The van der Waals surface area contributed by atoms with Gasteiger partial charge in [-0.25, -0.2) is 4.98 Å². The van der Waals surface area contributed by atoms with Crippen molar-refractivity contribution < 1.29 is 9.30 Å². The minimum absolute atomic E-state index is 0.0205. The number of rotatable bonds is 9. The molecule has 0 amide bonds. The molecule has 0 aliphatic heterocycles. The first-order valence-electron chi connectivity index (χ1n) is 23.5. The Balaban J connectivity index is 0.964. The number of fused-ring (bicyclic) bond motifs is 4. The Morgan fingerprint density at radius 2 is 1.00 bits per heavy atom. The summed E-state index contributed by atoms with van der Waals surface area (Å²) in [4.78, 5) is 4.89. The van der Waals surface area contributed by atoms with Gasteiger partial charge in [-0.3, -0.25) is 13.7 Å². The number of nitrogens with zero attached hydrogens (tertiary/aromatic N) is 4. The minimum atomic E-state index is -0.0205. The normalized spacial score (nSPS) is 11.7. The summed E-state index contributed by atoms with van der Waals surface area (Å²) in [6.45, 7) is 6.71. The topological polar surface area (TPSA) is 35.9 Å². The first kappa shape index (κ1) is 41.6. The second-order valence-electron chi connectivity index (χ2n) is 18.6. The summed E-state index contributed by atoms with van der Waals surface area (Å²) in [6, 6.07) is 81.6. The van der Waals surface area contributed by atoms with E-state index in [9.17, 15) is 0 Å². The van der Waals surface area contributed by atoms with Crippen molar-refractivity contribution in [3.05, 3.63) is 249 Å². The van der Waals surface area contributed by atoms with E-state index in [4.69, 9.17) is 9.72 Å². The van der Waals surface area contributed by atoms with E-state index in [-0.39, 0.29) is 5.41 Å². The van der Waals surface area contributed by atoms with Gasteiger partial charge in [0.05, 0.1) is 33.4 Å². The highest BCUT2D eigenvalue weighted by molar-refractivity contribution is 6.09. The van der Waals surface area contributed by atoms with Gasteiger partial charge in [-0.15, -0.1) is 0 Å². The Hall–Kier alpha value is -8.80. The van der Waals surface area contributed by atoms with Crippen molar-refractivity contribution in [1.82, 2.24) is 14.1 Å². The summed E-state index contributed by atoms with van der Waals surface area (Å²) in [7, 11) is 0. The van der Waals surface area contributed by atoms with Gasteiger partial charge in [-0.2, -0.15) is 0 Å². The van der Waals surface area contributed by atoms with Gasteiger partial charge >= 0.3 is 0 Å². The zero-order valence-electron chi connectivity index (χ0n) is 38.7. The largest absolute Gasteiger partial charge is 0.458 e.